The van der Waals surface area contributed by atoms with Gasteiger partial charge < -0.3 is 14.2 Å². The summed E-state index contributed by atoms with van der Waals surface area (Å²) >= 11 is 0. The molecule has 0 rings (SSSR count). The molecule has 0 aliphatic carbocycles. The van der Waals surface area contributed by atoms with Crippen molar-refractivity contribution in [3.63, 3.8) is 0 Å². The molecule has 30 heavy (non-hydrogen) atoms. The Kier molecular flexibility index (Phi) is 24.7. The maximum Gasteiger partial charge on any atom is 0.333 e. The summed E-state index contributed by atoms with van der Waals surface area (Å²) in [5.41, 5.74) is 0.930. The number of ether oxygens (including phenoxy) is 3. The smallest absolute Gasteiger partial charge is 0.333 e. The molecule has 0 saturated carbocycles. The number of rotatable bonds is 12. The van der Waals surface area contributed by atoms with Gasteiger partial charge in [0.05, 0.1) is 19.3 Å². The fourth-order valence-electron chi connectivity index (χ4n) is 1.69. The van der Waals surface area contributed by atoms with Crippen LogP contribution in [0.5, 0.6) is 0 Å². The van der Waals surface area contributed by atoms with Crippen LogP contribution in [0.3, 0.4) is 0 Å². The van der Waals surface area contributed by atoms with Crippen LogP contribution in [0.4, 0.5) is 0 Å². The molecule has 0 bridgehead atoms. The molecule has 0 aromatic carbocycles. The van der Waals surface area contributed by atoms with E-state index in [0.29, 0.717) is 24.4 Å². The topological polar surface area (TPSA) is 78.9 Å². The number of hydrogen-bond donors (Lipinski definition) is 0. The van der Waals surface area contributed by atoms with Crippen molar-refractivity contribution in [2.75, 3.05) is 13.2 Å². The van der Waals surface area contributed by atoms with Crippen molar-refractivity contribution in [2.24, 2.45) is 0 Å². The minimum absolute atomic E-state index is 0.0470. The average Bonchev–Trinajstić information content (AvgIpc) is 2.67. The summed E-state index contributed by atoms with van der Waals surface area (Å²) in [7, 11) is 0. The highest BCUT2D eigenvalue weighted by Gasteiger charge is 2.04. The third-order valence-electron chi connectivity index (χ3n) is 3.22. The van der Waals surface area contributed by atoms with Crippen molar-refractivity contribution in [3.8, 4) is 0 Å². The molecular weight excluding hydrogens is 384 g/mol. The van der Waals surface area contributed by atoms with Crippen LogP contribution in [0, 0.1) is 0 Å². The maximum absolute atomic E-state index is 11.0. The molecule has 0 aromatic rings. The van der Waals surface area contributed by atoms with Gasteiger partial charge in [-0.1, -0.05) is 58.8 Å². The van der Waals surface area contributed by atoms with Gasteiger partial charge in [-0.2, -0.15) is 0 Å². The van der Waals surface area contributed by atoms with Crippen molar-refractivity contribution >= 4 is 17.9 Å². The zero-order valence-corrected chi connectivity index (χ0v) is 19.9. The summed E-state index contributed by atoms with van der Waals surface area (Å²) in [6, 6.07) is 0. The lowest BCUT2D eigenvalue weighted by Crippen LogP contribution is -2.11. The molecule has 0 aliphatic rings. The number of carbonyl (C=O) groups excluding carboxylic acids is 3. The van der Waals surface area contributed by atoms with Gasteiger partial charge in [-0.05, 0) is 41.0 Å². The number of hydrogen-bond acceptors (Lipinski definition) is 6. The van der Waals surface area contributed by atoms with E-state index in [9.17, 15) is 14.4 Å². The monoisotopic (exact) mass is 426 g/mol. The van der Waals surface area contributed by atoms with E-state index in [2.05, 4.69) is 31.4 Å². The molecule has 0 unspecified atom stereocenters. The second-order valence-electron chi connectivity index (χ2n) is 6.87. The molecule has 174 valence electrons. The molecular formula is C24H42O6. The van der Waals surface area contributed by atoms with Crippen LogP contribution < -0.4 is 0 Å². The van der Waals surface area contributed by atoms with E-state index in [0.717, 1.165) is 18.9 Å². The lowest BCUT2D eigenvalue weighted by molar-refractivity contribution is -0.142. The summed E-state index contributed by atoms with van der Waals surface area (Å²) < 4.78 is 14.2. The van der Waals surface area contributed by atoms with E-state index in [1.165, 1.54) is 25.7 Å². The molecule has 0 aliphatic heterocycles. The summed E-state index contributed by atoms with van der Waals surface area (Å²) in [6.07, 6.45) is 8.35. The largest absolute Gasteiger partial charge is 0.463 e. The van der Waals surface area contributed by atoms with Gasteiger partial charge in [0.25, 0.3) is 0 Å². The van der Waals surface area contributed by atoms with Gasteiger partial charge in [-0.15, -0.1) is 0 Å². The molecule has 0 radical (unpaired) electrons. The normalized spacial score (nSPS) is 9.17. The summed E-state index contributed by atoms with van der Waals surface area (Å²) in [6.45, 7) is 22.0. The maximum atomic E-state index is 11.0. The van der Waals surface area contributed by atoms with E-state index in [4.69, 9.17) is 9.47 Å². The minimum Gasteiger partial charge on any atom is -0.463 e. The van der Waals surface area contributed by atoms with Crippen LogP contribution in [0.25, 0.3) is 0 Å². The molecule has 0 N–H and O–H groups in total. The number of unbranched alkanes of at least 4 members (excludes halogenated alkanes) is 5. The minimum atomic E-state index is -0.359. The highest BCUT2D eigenvalue weighted by atomic mass is 16.5. The van der Waals surface area contributed by atoms with Crippen LogP contribution in [-0.4, -0.2) is 37.2 Å². The first kappa shape index (κ1) is 32.3. The first-order valence-corrected chi connectivity index (χ1v) is 10.5. The molecule has 0 saturated heterocycles. The third-order valence-corrected chi connectivity index (χ3v) is 3.22. The van der Waals surface area contributed by atoms with Crippen LogP contribution in [0.1, 0.15) is 80.1 Å². The zero-order chi connectivity index (χ0) is 23.9. The van der Waals surface area contributed by atoms with E-state index in [1.807, 2.05) is 0 Å². The molecule has 6 heteroatoms. The van der Waals surface area contributed by atoms with Gasteiger partial charge in [0.2, 0.25) is 0 Å². The zero-order valence-electron chi connectivity index (χ0n) is 19.9. The lowest BCUT2D eigenvalue weighted by atomic mass is 10.1. The Balaban J connectivity index is -0.000000393. The average molecular weight is 427 g/mol. The summed E-state index contributed by atoms with van der Waals surface area (Å²) in [5.74, 6) is -0.939. The first-order chi connectivity index (χ1) is 14.0. The molecule has 0 fully saturated rings. The van der Waals surface area contributed by atoms with Gasteiger partial charge in [-0.3, -0.25) is 0 Å². The molecule has 0 atom stereocenters. The quantitative estimate of drug-likeness (QED) is 0.172. The summed E-state index contributed by atoms with van der Waals surface area (Å²) in [4.78, 5) is 31.7. The van der Waals surface area contributed by atoms with Gasteiger partial charge >= 0.3 is 17.9 Å². The Morgan fingerprint density at radius 2 is 1.33 bits per heavy atom. The number of esters is 3. The van der Waals surface area contributed by atoms with E-state index in [-0.39, 0.29) is 24.0 Å². The van der Waals surface area contributed by atoms with Crippen LogP contribution in [0.15, 0.2) is 37.0 Å². The van der Waals surface area contributed by atoms with Crippen molar-refractivity contribution in [1.82, 2.24) is 0 Å². The molecule has 0 heterocycles. The highest BCUT2D eigenvalue weighted by molar-refractivity contribution is 5.87. The van der Waals surface area contributed by atoms with Crippen LogP contribution >= 0.6 is 0 Å². The molecule has 0 amide bonds. The second kappa shape index (κ2) is 22.9. The van der Waals surface area contributed by atoms with Gasteiger partial charge in [0.15, 0.2) is 0 Å². The van der Waals surface area contributed by atoms with Gasteiger partial charge in [0, 0.05) is 17.2 Å². The molecule has 0 aromatic heterocycles. The van der Waals surface area contributed by atoms with E-state index < -0.39 is 0 Å². The van der Waals surface area contributed by atoms with E-state index in [1.54, 1.807) is 34.6 Å². The van der Waals surface area contributed by atoms with Crippen LogP contribution in [0.2, 0.25) is 0 Å². The molecule has 0 spiro atoms. The number of carbonyl (C=O) groups is 3. The van der Waals surface area contributed by atoms with Crippen molar-refractivity contribution in [2.45, 2.75) is 86.2 Å². The van der Waals surface area contributed by atoms with Crippen molar-refractivity contribution in [1.29, 1.82) is 0 Å². The predicted molar refractivity (Wildman–Crippen MR) is 122 cm³/mol. The second-order valence-corrected chi connectivity index (χ2v) is 6.87. The predicted octanol–water partition coefficient (Wildman–Crippen LogP) is 5.72. The van der Waals surface area contributed by atoms with Crippen LogP contribution in [-0.2, 0) is 28.6 Å². The Labute approximate surface area is 183 Å². The Morgan fingerprint density at radius 1 is 0.833 bits per heavy atom. The first-order valence-electron chi connectivity index (χ1n) is 10.5. The Hall–Kier alpha value is -2.37. The van der Waals surface area contributed by atoms with E-state index >= 15 is 0 Å². The Morgan fingerprint density at radius 3 is 1.67 bits per heavy atom. The fraction of sp³-hybridized carbons (Fsp3) is 0.625. The van der Waals surface area contributed by atoms with Crippen molar-refractivity contribution in [3.05, 3.63) is 37.0 Å². The SMILES string of the molecule is C=C(C)C(=O)OC(C)C.C=C(C)C(=O)OCCCCCCCC.C=CC(=O)OCC. The lowest BCUT2D eigenvalue weighted by Gasteiger charge is -2.05. The fourth-order valence-corrected chi connectivity index (χ4v) is 1.69. The molecule has 6 nitrogen and oxygen atoms in total. The summed E-state index contributed by atoms with van der Waals surface area (Å²) in [5, 5.41) is 0. The highest BCUT2D eigenvalue weighted by Crippen LogP contribution is 2.05. The third kappa shape index (κ3) is 27.8. The Bertz CT molecular complexity index is 520. The van der Waals surface area contributed by atoms with Gasteiger partial charge in [0.1, 0.15) is 0 Å². The van der Waals surface area contributed by atoms with Gasteiger partial charge in [-0.25, -0.2) is 14.4 Å². The van der Waals surface area contributed by atoms with Crippen molar-refractivity contribution < 1.29 is 28.6 Å². The standard InChI is InChI=1S/C12H22O2.C7H12O2.C5H8O2/c1-4-5-6-7-8-9-10-14-12(13)11(2)3;1-5(2)7(8)9-6(3)4;1-3-5(6)7-4-2/h2,4-10H2,1,3H3;6H,1H2,2-4H3;3H,1,4H2,2H3.